The lowest BCUT2D eigenvalue weighted by atomic mass is 10.00. The van der Waals surface area contributed by atoms with Crippen LogP contribution in [0.25, 0.3) is 0 Å². The fourth-order valence-corrected chi connectivity index (χ4v) is 2.73. The summed E-state index contributed by atoms with van der Waals surface area (Å²) >= 11 is 6.00. The van der Waals surface area contributed by atoms with Crippen molar-refractivity contribution in [1.29, 1.82) is 0 Å². The van der Waals surface area contributed by atoms with Crippen molar-refractivity contribution in [2.24, 2.45) is 0 Å². The molecule has 0 saturated heterocycles. The number of likely N-dealkylation sites (N-methyl/N-ethyl adjacent to an activating group) is 1. The van der Waals surface area contributed by atoms with Crippen molar-refractivity contribution in [1.82, 2.24) is 10.2 Å². The van der Waals surface area contributed by atoms with Gasteiger partial charge in [-0.15, -0.1) is 0 Å². The lowest BCUT2D eigenvalue weighted by Crippen LogP contribution is -2.37. The molecular formula is C18H20ClFN2O. The van der Waals surface area contributed by atoms with E-state index in [0.29, 0.717) is 10.6 Å². The van der Waals surface area contributed by atoms with Crippen molar-refractivity contribution in [2.75, 3.05) is 14.1 Å². The van der Waals surface area contributed by atoms with E-state index in [1.807, 2.05) is 50.2 Å². The summed E-state index contributed by atoms with van der Waals surface area (Å²) < 4.78 is 13.1. The number of carbonyl (C=O) groups is 1. The normalized spacial score (nSPS) is 12.3. The van der Waals surface area contributed by atoms with Crippen LogP contribution in [0.1, 0.15) is 22.7 Å². The molecule has 3 nitrogen and oxygen atoms in total. The highest BCUT2D eigenvalue weighted by Gasteiger charge is 2.24. The van der Waals surface area contributed by atoms with Crippen LogP contribution in [-0.4, -0.2) is 24.9 Å². The van der Waals surface area contributed by atoms with Gasteiger partial charge in [0.15, 0.2) is 0 Å². The van der Waals surface area contributed by atoms with Gasteiger partial charge >= 0.3 is 0 Å². The van der Waals surface area contributed by atoms with Crippen molar-refractivity contribution in [3.63, 3.8) is 0 Å². The van der Waals surface area contributed by atoms with Crippen LogP contribution in [0, 0.1) is 12.7 Å². The Morgan fingerprint density at radius 3 is 2.57 bits per heavy atom. The molecular weight excluding hydrogens is 315 g/mol. The number of rotatable bonds is 5. The zero-order chi connectivity index (χ0) is 17.0. The van der Waals surface area contributed by atoms with Crippen molar-refractivity contribution < 1.29 is 9.18 Å². The standard InChI is InChI=1S/C18H20ClFN2O/c1-12-6-4-5-7-15(12)17(22(2)3)18(23)21-11-13-8-9-14(20)10-16(13)19/h4-10,17H,11H2,1-3H3,(H,21,23)/t17-/m0/s1. The van der Waals surface area contributed by atoms with Crippen molar-refractivity contribution >= 4 is 17.5 Å². The average molecular weight is 335 g/mol. The maximum absolute atomic E-state index is 13.1. The number of benzene rings is 2. The minimum atomic E-state index is -0.393. The van der Waals surface area contributed by atoms with E-state index >= 15 is 0 Å². The SMILES string of the molecule is Cc1ccccc1[C@@H](C(=O)NCc1ccc(F)cc1Cl)N(C)C. The van der Waals surface area contributed by atoms with Gasteiger partial charge in [0.25, 0.3) is 0 Å². The van der Waals surface area contributed by atoms with Crippen LogP contribution in [0.5, 0.6) is 0 Å². The van der Waals surface area contributed by atoms with Gasteiger partial charge in [-0.1, -0.05) is 41.9 Å². The summed E-state index contributed by atoms with van der Waals surface area (Å²) in [6.07, 6.45) is 0. The third-order valence-electron chi connectivity index (χ3n) is 3.72. The van der Waals surface area contributed by atoms with Crippen LogP contribution in [0.2, 0.25) is 5.02 Å². The number of hydrogen-bond acceptors (Lipinski definition) is 2. The topological polar surface area (TPSA) is 32.3 Å². The molecule has 0 aliphatic carbocycles. The van der Waals surface area contributed by atoms with E-state index in [1.165, 1.54) is 12.1 Å². The molecule has 0 aliphatic heterocycles. The summed E-state index contributed by atoms with van der Waals surface area (Å²) in [5.41, 5.74) is 2.70. The van der Waals surface area contributed by atoms with Gasteiger partial charge in [0, 0.05) is 11.6 Å². The molecule has 23 heavy (non-hydrogen) atoms. The monoisotopic (exact) mass is 334 g/mol. The number of amides is 1. The highest BCUT2D eigenvalue weighted by atomic mass is 35.5. The van der Waals surface area contributed by atoms with Gasteiger partial charge in [-0.05, 0) is 49.8 Å². The largest absolute Gasteiger partial charge is 0.350 e. The summed E-state index contributed by atoms with van der Waals surface area (Å²) in [5, 5.41) is 3.19. The van der Waals surface area contributed by atoms with Gasteiger partial charge in [0.05, 0.1) is 0 Å². The van der Waals surface area contributed by atoms with Crippen LogP contribution in [0.4, 0.5) is 4.39 Å². The Labute approximate surface area is 141 Å². The van der Waals surface area contributed by atoms with Gasteiger partial charge < -0.3 is 5.32 Å². The first-order chi connectivity index (χ1) is 10.9. The first kappa shape index (κ1) is 17.4. The maximum atomic E-state index is 13.1. The van der Waals surface area contributed by atoms with E-state index in [9.17, 15) is 9.18 Å². The number of nitrogens with one attached hydrogen (secondary N) is 1. The molecule has 1 atom stereocenters. The minimum absolute atomic E-state index is 0.121. The molecule has 0 unspecified atom stereocenters. The van der Waals surface area contributed by atoms with Gasteiger partial charge in [-0.3, -0.25) is 9.69 Å². The van der Waals surface area contributed by atoms with Crippen LogP contribution in [0.15, 0.2) is 42.5 Å². The Hall–Kier alpha value is -1.91. The highest BCUT2D eigenvalue weighted by Crippen LogP contribution is 2.23. The number of halogens is 2. The molecule has 0 bridgehead atoms. The zero-order valence-electron chi connectivity index (χ0n) is 13.4. The van der Waals surface area contributed by atoms with E-state index in [1.54, 1.807) is 6.07 Å². The van der Waals surface area contributed by atoms with Crippen molar-refractivity contribution in [2.45, 2.75) is 19.5 Å². The molecule has 2 aromatic carbocycles. The van der Waals surface area contributed by atoms with Crippen LogP contribution >= 0.6 is 11.6 Å². The Morgan fingerprint density at radius 1 is 1.26 bits per heavy atom. The predicted octanol–water partition coefficient (Wildman–Crippen LogP) is 3.71. The molecule has 0 aliphatic rings. The number of hydrogen-bond donors (Lipinski definition) is 1. The predicted molar refractivity (Wildman–Crippen MR) is 90.9 cm³/mol. The van der Waals surface area contributed by atoms with Crippen molar-refractivity contribution in [3.8, 4) is 0 Å². The first-order valence-electron chi connectivity index (χ1n) is 7.33. The summed E-state index contributed by atoms with van der Waals surface area (Å²) in [7, 11) is 3.73. The molecule has 0 radical (unpaired) electrons. The maximum Gasteiger partial charge on any atom is 0.242 e. The Balaban J connectivity index is 2.15. The Bertz CT molecular complexity index is 703. The molecule has 2 aromatic rings. The van der Waals surface area contributed by atoms with E-state index in [2.05, 4.69) is 5.32 Å². The van der Waals surface area contributed by atoms with E-state index in [-0.39, 0.29) is 12.5 Å². The number of carbonyl (C=O) groups excluding carboxylic acids is 1. The molecule has 5 heteroatoms. The van der Waals surface area contributed by atoms with Crippen molar-refractivity contribution in [3.05, 3.63) is 70.0 Å². The van der Waals surface area contributed by atoms with Gasteiger partial charge in [-0.25, -0.2) is 4.39 Å². The molecule has 0 aromatic heterocycles. The van der Waals surface area contributed by atoms with E-state index in [0.717, 1.165) is 11.1 Å². The summed E-state index contributed by atoms with van der Waals surface area (Å²) in [6.45, 7) is 2.24. The van der Waals surface area contributed by atoms with E-state index in [4.69, 9.17) is 11.6 Å². The molecule has 1 N–H and O–H groups in total. The van der Waals surface area contributed by atoms with Gasteiger partial charge in [0.1, 0.15) is 11.9 Å². The number of nitrogens with zero attached hydrogens (tertiary/aromatic N) is 1. The third kappa shape index (κ3) is 4.30. The second kappa shape index (κ2) is 7.57. The smallest absolute Gasteiger partial charge is 0.242 e. The minimum Gasteiger partial charge on any atom is -0.350 e. The molecule has 0 fully saturated rings. The lowest BCUT2D eigenvalue weighted by Gasteiger charge is -2.25. The van der Waals surface area contributed by atoms with Crippen LogP contribution < -0.4 is 5.32 Å². The van der Waals surface area contributed by atoms with E-state index < -0.39 is 11.9 Å². The van der Waals surface area contributed by atoms with Gasteiger partial charge in [-0.2, -0.15) is 0 Å². The van der Waals surface area contributed by atoms with Crippen LogP contribution in [-0.2, 0) is 11.3 Å². The quantitative estimate of drug-likeness (QED) is 0.904. The van der Waals surface area contributed by atoms with Crippen LogP contribution in [0.3, 0.4) is 0 Å². The molecule has 0 heterocycles. The highest BCUT2D eigenvalue weighted by molar-refractivity contribution is 6.31. The van der Waals surface area contributed by atoms with Gasteiger partial charge in [0.2, 0.25) is 5.91 Å². The Morgan fingerprint density at radius 2 is 1.96 bits per heavy atom. The zero-order valence-corrected chi connectivity index (χ0v) is 14.2. The molecule has 122 valence electrons. The first-order valence-corrected chi connectivity index (χ1v) is 7.71. The molecule has 2 rings (SSSR count). The molecule has 1 amide bonds. The second-order valence-corrected chi connectivity index (χ2v) is 6.08. The number of aryl methyl sites for hydroxylation is 1. The molecule has 0 saturated carbocycles. The fraction of sp³-hybridized carbons (Fsp3) is 0.278. The molecule has 0 spiro atoms. The summed E-state index contributed by atoms with van der Waals surface area (Å²) in [4.78, 5) is 14.5. The third-order valence-corrected chi connectivity index (χ3v) is 4.07. The summed E-state index contributed by atoms with van der Waals surface area (Å²) in [5.74, 6) is -0.513. The Kier molecular flexibility index (Phi) is 5.74. The second-order valence-electron chi connectivity index (χ2n) is 5.68. The fourth-order valence-electron chi connectivity index (χ4n) is 2.49. The summed E-state index contributed by atoms with van der Waals surface area (Å²) in [6, 6.07) is 11.6. The average Bonchev–Trinajstić information content (AvgIpc) is 2.48. The lowest BCUT2D eigenvalue weighted by molar-refractivity contribution is -0.126.